The summed E-state index contributed by atoms with van der Waals surface area (Å²) in [5, 5.41) is 0. The van der Waals surface area contributed by atoms with Crippen molar-refractivity contribution in [3.63, 3.8) is 0 Å². The Balaban J connectivity index is 1.63. The topological polar surface area (TPSA) is 64.7 Å². The van der Waals surface area contributed by atoms with Crippen molar-refractivity contribution >= 4 is 22.1 Å². The third-order valence-corrected chi connectivity index (χ3v) is 4.33. The van der Waals surface area contributed by atoms with Crippen LogP contribution in [0.3, 0.4) is 0 Å². The minimum Gasteiger partial charge on any atom is -0.441 e. The van der Waals surface area contributed by atoms with Gasteiger partial charge in [-0.05, 0) is 47.5 Å². The van der Waals surface area contributed by atoms with E-state index in [9.17, 15) is 0 Å². The standard InChI is InChI=1S/C21H14N4O/c1-13-24-19-10-15(5-7-21(19)26-13)14-4-6-17-18(9-14)25-20(12-23-17)16-3-2-8-22-11-16/h2-12H,1H3. The SMILES string of the molecule is Cc1nc2cc(-c3ccc4ncc(-c5cccnc5)nc4c3)ccc2o1. The molecule has 3 heterocycles. The average Bonchev–Trinajstić information content (AvgIpc) is 3.07. The first-order valence-electron chi connectivity index (χ1n) is 8.31. The van der Waals surface area contributed by atoms with E-state index in [-0.39, 0.29) is 0 Å². The Hall–Kier alpha value is -3.60. The molecule has 0 atom stereocenters. The number of aromatic nitrogens is 4. The largest absolute Gasteiger partial charge is 0.441 e. The Morgan fingerprint density at radius 1 is 0.769 bits per heavy atom. The molecule has 0 aliphatic rings. The summed E-state index contributed by atoms with van der Waals surface area (Å²) in [6, 6.07) is 16.0. The van der Waals surface area contributed by atoms with Gasteiger partial charge in [-0.3, -0.25) is 9.97 Å². The van der Waals surface area contributed by atoms with Gasteiger partial charge < -0.3 is 4.42 Å². The Kier molecular flexibility index (Phi) is 3.25. The van der Waals surface area contributed by atoms with Gasteiger partial charge in [0.2, 0.25) is 0 Å². The van der Waals surface area contributed by atoms with Crippen LogP contribution in [0.1, 0.15) is 5.89 Å². The molecule has 0 unspecified atom stereocenters. The maximum absolute atomic E-state index is 5.55. The van der Waals surface area contributed by atoms with Crippen molar-refractivity contribution in [1.82, 2.24) is 19.9 Å². The van der Waals surface area contributed by atoms with E-state index in [1.165, 1.54) is 0 Å². The van der Waals surface area contributed by atoms with E-state index >= 15 is 0 Å². The van der Waals surface area contributed by atoms with Crippen LogP contribution in [0.15, 0.2) is 71.5 Å². The maximum atomic E-state index is 5.55. The van der Waals surface area contributed by atoms with Gasteiger partial charge in [0.25, 0.3) is 0 Å². The first-order chi connectivity index (χ1) is 12.8. The lowest BCUT2D eigenvalue weighted by molar-refractivity contribution is 0.561. The van der Waals surface area contributed by atoms with Gasteiger partial charge in [-0.25, -0.2) is 9.97 Å². The molecule has 5 heteroatoms. The van der Waals surface area contributed by atoms with Crippen LogP contribution >= 0.6 is 0 Å². The first-order valence-corrected chi connectivity index (χ1v) is 8.31. The molecule has 0 amide bonds. The Bertz CT molecular complexity index is 1250. The molecule has 0 aliphatic heterocycles. The first kappa shape index (κ1) is 14.7. The summed E-state index contributed by atoms with van der Waals surface area (Å²) in [5.74, 6) is 0.669. The van der Waals surface area contributed by atoms with Crippen molar-refractivity contribution in [3.8, 4) is 22.4 Å². The minimum atomic E-state index is 0.669. The van der Waals surface area contributed by atoms with Crippen LogP contribution < -0.4 is 0 Å². The van der Waals surface area contributed by atoms with E-state index in [0.717, 1.165) is 44.5 Å². The van der Waals surface area contributed by atoms with Gasteiger partial charge >= 0.3 is 0 Å². The van der Waals surface area contributed by atoms with Gasteiger partial charge in [0.15, 0.2) is 11.5 Å². The highest BCUT2D eigenvalue weighted by Crippen LogP contribution is 2.27. The number of aryl methyl sites for hydroxylation is 1. The Labute approximate surface area is 149 Å². The number of oxazole rings is 1. The summed E-state index contributed by atoms with van der Waals surface area (Å²) in [5.41, 5.74) is 7.26. The Morgan fingerprint density at radius 3 is 2.46 bits per heavy atom. The van der Waals surface area contributed by atoms with Gasteiger partial charge in [0.1, 0.15) is 5.52 Å². The molecule has 5 rings (SSSR count). The molecular weight excluding hydrogens is 324 g/mol. The second-order valence-corrected chi connectivity index (χ2v) is 6.12. The highest BCUT2D eigenvalue weighted by atomic mass is 16.3. The number of pyridine rings is 1. The molecular formula is C21H14N4O. The van der Waals surface area contributed by atoms with Crippen LogP contribution in [0.5, 0.6) is 0 Å². The molecule has 0 saturated heterocycles. The zero-order valence-electron chi connectivity index (χ0n) is 14.0. The highest BCUT2D eigenvalue weighted by Gasteiger charge is 2.08. The fourth-order valence-corrected chi connectivity index (χ4v) is 3.07. The van der Waals surface area contributed by atoms with E-state index in [1.54, 1.807) is 18.6 Å². The zero-order valence-corrected chi connectivity index (χ0v) is 14.0. The van der Waals surface area contributed by atoms with Crippen LogP contribution in [0.25, 0.3) is 44.5 Å². The van der Waals surface area contributed by atoms with Crippen molar-refractivity contribution in [1.29, 1.82) is 0 Å². The molecule has 26 heavy (non-hydrogen) atoms. The molecule has 0 saturated carbocycles. The summed E-state index contributed by atoms with van der Waals surface area (Å²) in [4.78, 5) is 17.9. The molecule has 5 aromatic rings. The number of hydrogen-bond donors (Lipinski definition) is 0. The van der Waals surface area contributed by atoms with Gasteiger partial charge in [0, 0.05) is 24.9 Å². The van der Waals surface area contributed by atoms with Crippen LogP contribution in [-0.2, 0) is 0 Å². The van der Waals surface area contributed by atoms with E-state index < -0.39 is 0 Å². The number of hydrogen-bond acceptors (Lipinski definition) is 5. The quantitative estimate of drug-likeness (QED) is 0.462. The van der Waals surface area contributed by atoms with Crippen molar-refractivity contribution in [3.05, 3.63) is 73.0 Å². The summed E-state index contributed by atoms with van der Waals surface area (Å²) in [7, 11) is 0. The maximum Gasteiger partial charge on any atom is 0.192 e. The van der Waals surface area contributed by atoms with Crippen LogP contribution in [-0.4, -0.2) is 19.9 Å². The van der Waals surface area contributed by atoms with Crippen molar-refractivity contribution < 1.29 is 4.42 Å². The van der Waals surface area contributed by atoms with E-state index in [4.69, 9.17) is 9.40 Å². The van der Waals surface area contributed by atoms with Crippen molar-refractivity contribution in [2.24, 2.45) is 0 Å². The Morgan fingerprint density at radius 2 is 1.62 bits per heavy atom. The second-order valence-electron chi connectivity index (χ2n) is 6.12. The van der Waals surface area contributed by atoms with Gasteiger partial charge in [-0.1, -0.05) is 12.1 Å². The van der Waals surface area contributed by atoms with Crippen molar-refractivity contribution in [2.75, 3.05) is 0 Å². The average molecular weight is 338 g/mol. The molecule has 2 aromatic carbocycles. The van der Waals surface area contributed by atoms with Crippen LogP contribution in [0.2, 0.25) is 0 Å². The summed E-state index contributed by atoms with van der Waals surface area (Å²) < 4.78 is 5.55. The van der Waals surface area contributed by atoms with E-state index in [1.807, 2.05) is 43.3 Å². The van der Waals surface area contributed by atoms with Crippen LogP contribution in [0, 0.1) is 6.92 Å². The third-order valence-electron chi connectivity index (χ3n) is 4.33. The fourth-order valence-electron chi connectivity index (χ4n) is 3.07. The molecule has 0 N–H and O–H groups in total. The lowest BCUT2D eigenvalue weighted by atomic mass is 10.0. The fraction of sp³-hybridized carbons (Fsp3) is 0.0476. The monoisotopic (exact) mass is 338 g/mol. The number of fused-ring (bicyclic) bond motifs is 2. The summed E-state index contributed by atoms with van der Waals surface area (Å²) in [6.07, 6.45) is 5.32. The lowest BCUT2D eigenvalue weighted by Crippen LogP contribution is -1.90. The number of rotatable bonds is 2. The third kappa shape index (κ3) is 2.50. The van der Waals surface area contributed by atoms with Crippen molar-refractivity contribution in [2.45, 2.75) is 6.92 Å². The zero-order chi connectivity index (χ0) is 17.5. The predicted octanol–water partition coefficient (Wildman–Crippen LogP) is 4.81. The molecule has 0 radical (unpaired) electrons. The summed E-state index contributed by atoms with van der Waals surface area (Å²) >= 11 is 0. The molecule has 3 aromatic heterocycles. The normalized spacial score (nSPS) is 11.3. The second kappa shape index (κ2) is 5.74. The molecule has 0 spiro atoms. The van der Waals surface area contributed by atoms with Gasteiger partial charge in [-0.2, -0.15) is 0 Å². The van der Waals surface area contributed by atoms with E-state index in [2.05, 4.69) is 27.1 Å². The minimum absolute atomic E-state index is 0.669. The van der Waals surface area contributed by atoms with E-state index in [0.29, 0.717) is 5.89 Å². The highest BCUT2D eigenvalue weighted by molar-refractivity contribution is 5.86. The van der Waals surface area contributed by atoms with Gasteiger partial charge in [0.05, 0.1) is 22.9 Å². The number of nitrogens with zero attached hydrogens (tertiary/aromatic N) is 4. The predicted molar refractivity (Wildman–Crippen MR) is 101 cm³/mol. The lowest BCUT2D eigenvalue weighted by Gasteiger charge is -2.05. The molecule has 124 valence electrons. The molecule has 0 aliphatic carbocycles. The smallest absolute Gasteiger partial charge is 0.192 e. The van der Waals surface area contributed by atoms with Crippen LogP contribution in [0.4, 0.5) is 0 Å². The summed E-state index contributed by atoms with van der Waals surface area (Å²) in [6.45, 7) is 1.85. The molecule has 0 fully saturated rings. The number of benzene rings is 2. The van der Waals surface area contributed by atoms with Gasteiger partial charge in [-0.15, -0.1) is 0 Å². The molecule has 0 bridgehead atoms. The molecule has 5 nitrogen and oxygen atoms in total.